The van der Waals surface area contributed by atoms with Crippen LogP contribution in [0, 0.1) is 20.8 Å². The molecule has 3 rings (SSSR count). The van der Waals surface area contributed by atoms with E-state index in [1.54, 1.807) is 23.5 Å². The Morgan fingerprint density at radius 2 is 2.14 bits per heavy atom. The second-order valence-electron chi connectivity index (χ2n) is 5.27. The van der Waals surface area contributed by atoms with E-state index >= 15 is 0 Å². The Morgan fingerprint density at radius 1 is 1.33 bits per heavy atom. The van der Waals surface area contributed by atoms with Crippen molar-refractivity contribution in [2.75, 3.05) is 18.5 Å². The number of hydrogen-bond donors (Lipinski definition) is 1. The Bertz CT molecular complexity index is 690. The third kappa shape index (κ3) is 2.84. The fourth-order valence-corrected chi connectivity index (χ4v) is 3.25. The van der Waals surface area contributed by atoms with Gasteiger partial charge in [-0.2, -0.15) is 5.10 Å². The zero-order valence-corrected chi connectivity index (χ0v) is 13.1. The molecule has 2 unspecified atom stereocenters. The van der Waals surface area contributed by atoms with Crippen molar-refractivity contribution in [3.05, 3.63) is 38.8 Å². The molecule has 1 fully saturated rings. The molecule has 3 heterocycles. The van der Waals surface area contributed by atoms with E-state index in [0.29, 0.717) is 13.2 Å². The highest BCUT2D eigenvalue weighted by molar-refractivity contribution is 7.15. The molecule has 112 valence electrons. The van der Waals surface area contributed by atoms with Gasteiger partial charge in [-0.15, -0.1) is 11.3 Å². The Kier molecular flexibility index (Phi) is 3.77. The first-order chi connectivity index (χ1) is 10.0. The summed E-state index contributed by atoms with van der Waals surface area (Å²) < 4.78 is 7.06. The van der Waals surface area contributed by atoms with Crippen LogP contribution in [0.25, 0.3) is 0 Å². The summed E-state index contributed by atoms with van der Waals surface area (Å²) in [5.74, 6) is 0. The maximum atomic E-state index is 12.0. The quantitative estimate of drug-likeness (QED) is 0.934. The van der Waals surface area contributed by atoms with Crippen LogP contribution in [0.1, 0.15) is 22.3 Å². The van der Waals surface area contributed by atoms with Gasteiger partial charge in [0.1, 0.15) is 6.04 Å². The first kappa shape index (κ1) is 14.2. The minimum atomic E-state index is -0.109. The molecule has 2 aromatic rings. The van der Waals surface area contributed by atoms with Crippen LogP contribution >= 0.6 is 11.3 Å². The van der Waals surface area contributed by atoms with Crippen LogP contribution < -0.4 is 10.9 Å². The van der Waals surface area contributed by atoms with Crippen molar-refractivity contribution < 1.29 is 4.74 Å². The smallest absolute Gasteiger partial charge is 0.267 e. The van der Waals surface area contributed by atoms with Gasteiger partial charge < -0.3 is 10.1 Å². The van der Waals surface area contributed by atoms with Crippen molar-refractivity contribution in [3.63, 3.8) is 0 Å². The van der Waals surface area contributed by atoms with Gasteiger partial charge in [-0.05, 0) is 26.8 Å². The zero-order valence-electron chi connectivity index (χ0n) is 12.3. The van der Waals surface area contributed by atoms with Crippen LogP contribution in [0.4, 0.5) is 5.13 Å². The number of nitrogens with one attached hydrogen (secondary N) is 1. The SMILES string of the molecule is Cc1ccc(=O)n(C2COCC2Nc2nc(C)c(C)s2)n1. The summed E-state index contributed by atoms with van der Waals surface area (Å²) in [5, 5.41) is 8.58. The first-order valence-corrected chi connectivity index (χ1v) is 7.71. The Labute approximate surface area is 126 Å². The van der Waals surface area contributed by atoms with E-state index in [9.17, 15) is 4.79 Å². The predicted octanol–water partition coefficient (Wildman–Crippen LogP) is 1.68. The summed E-state index contributed by atoms with van der Waals surface area (Å²) in [6.07, 6.45) is 0. The topological polar surface area (TPSA) is 69.0 Å². The molecule has 21 heavy (non-hydrogen) atoms. The van der Waals surface area contributed by atoms with Crippen LogP contribution in [0.5, 0.6) is 0 Å². The third-order valence-electron chi connectivity index (χ3n) is 3.66. The van der Waals surface area contributed by atoms with Gasteiger partial charge in [0.05, 0.1) is 30.6 Å². The summed E-state index contributed by atoms with van der Waals surface area (Å²) in [5.41, 5.74) is 1.75. The van der Waals surface area contributed by atoms with Crippen molar-refractivity contribution in [1.82, 2.24) is 14.8 Å². The lowest BCUT2D eigenvalue weighted by Crippen LogP contribution is -2.37. The minimum Gasteiger partial charge on any atom is -0.377 e. The van der Waals surface area contributed by atoms with E-state index in [-0.39, 0.29) is 17.6 Å². The predicted molar refractivity (Wildman–Crippen MR) is 82.1 cm³/mol. The van der Waals surface area contributed by atoms with Crippen LogP contribution in [-0.4, -0.2) is 34.0 Å². The summed E-state index contributed by atoms with van der Waals surface area (Å²) in [7, 11) is 0. The highest BCUT2D eigenvalue weighted by Crippen LogP contribution is 2.26. The van der Waals surface area contributed by atoms with Gasteiger partial charge >= 0.3 is 0 Å². The lowest BCUT2D eigenvalue weighted by Gasteiger charge is -2.19. The molecule has 1 aliphatic heterocycles. The van der Waals surface area contributed by atoms with E-state index < -0.39 is 0 Å². The van der Waals surface area contributed by atoms with E-state index in [0.717, 1.165) is 16.5 Å². The normalized spacial score (nSPS) is 21.7. The molecule has 0 amide bonds. The van der Waals surface area contributed by atoms with E-state index in [1.807, 2.05) is 20.8 Å². The summed E-state index contributed by atoms with van der Waals surface area (Å²) in [6.45, 7) is 6.95. The minimum absolute atomic E-state index is 0.00181. The molecule has 1 saturated heterocycles. The molecule has 7 heteroatoms. The number of aromatic nitrogens is 3. The van der Waals surface area contributed by atoms with Gasteiger partial charge in [0, 0.05) is 10.9 Å². The van der Waals surface area contributed by atoms with Gasteiger partial charge in [0.15, 0.2) is 5.13 Å². The van der Waals surface area contributed by atoms with Gasteiger partial charge in [-0.3, -0.25) is 4.79 Å². The Hall–Kier alpha value is -1.73. The molecule has 0 aromatic carbocycles. The number of thiazole rings is 1. The molecule has 2 aromatic heterocycles. The number of nitrogens with zero attached hydrogens (tertiary/aromatic N) is 3. The van der Waals surface area contributed by atoms with Crippen LogP contribution in [0.3, 0.4) is 0 Å². The summed E-state index contributed by atoms with van der Waals surface area (Å²) >= 11 is 1.62. The molecule has 0 bridgehead atoms. The molecular weight excluding hydrogens is 288 g/mol. The number of aryl methyl sites for hydroxylation is 3. The number of hydrogen-bond acceptors (Lipinski definition) is 6. The maximum absolute atomic E-state index is 12.0. The van der Waals surface area contributed by atoms with E-state index in [1.165, 1.54) is 9.56 Å². The van der Waals surface area contributed by atoms with E-state index in [4.69, 9.17) is 4.74 Å². The van der Waals surface area contributed by atoms with Gasteiger partial charge in [-0.1, -0.05) is 0 Å². The highest BCUT2D eigenvalue weighted by Gasteiger charge is 2.32. The number of ether oxygens (including phenoxy) is 1. The van der Waals surface area contributed by atoms with Crippen LogP contribution in [-0.2, 0) is 4.74 Å². The number of rotatable bonds is 3. The lowest BCUT2D eigenvalue weighted by molar-refractivity contribution is 0.182. The molecule has 1 N–H and O–H groups in total. The standard InChI is InChI=1S/C14H18N4O2S/c1-8-4-5-13(19)18(17-8)12-7-20-6-11(12)16-14-15-9(2)10(3)21-14/h4-5,11-12H,6-7H2,1-3H3,(H,15,16). The van der Waals surface area contributed by atoms with E-state index in [2.05, 4.69) is 15.4 Å². The van der Waals surface area contributed by atoms with Gasteiger partial charge in [-0.25, -0.2) is 9.67 Å². The maximum Gasteiger partial charge on any atom is 0.267 e. The molecule has 0 radical (unpaired) electrons. The monoisotopic (exact) mass is 306 g/mol. The van der Waals surface area contributed by atoms with Gasteiger partial charge in [0.25, 0.3) is 5.56 Å². The van der Waals surface area contributed by atoms with Crippen LogP contribution in [0.15, 0.2) is 16.9 Å². The first-order valence-electron chi connectivity index (χ1n) is 6.89. The summed E-state index contributed by atoms with van der Waals surface area (Å²) in [6, 6.07) is 3.17. The fraction of sp³-hybridized carbons (Fsp3) is 0.500. The average molecular weight is 306 g/mol. The lowest BCUT2D eigenvalue weighted by atomic mass is 10.2. The molecular formula is C14H18N4O2S. The van der Waals surface area contributed by atoms with Crippen molar-refractivity contribution in [2.24, 2.45) is 0 Å². The van der Waals surface area contributed by atoms with Gasteiger partial charge in [0.2, 0.25) is 0 Å². The number of anilines is 1. The zero-order chi connectivity index (χ0) is 15.0. The molecule has 0 spiro atoms. The largest absolute Gasteiger partial charge is 0.377 e. The molecule has 1 aliphatic rings. The van der Waals surface area contributed by atoms with Crippen molar-refractivity contribution >= 4 is 16.5 Å². The second-order valence-corrected chi connectivity index (χ2v) is 6.48. The Morgan fingerprint density at radius 3 is 2.86 bits per heavy atom. The summed E-state index contributed by atoms with van der Waals surface area (Å²) in [4.78, 5) is 17.7. The fourth-order valence-electron chi connectivity index (χ4n) is 2.37. The molecule has 0 aliphatic carbocycles. The Balaban J connectivity index is 1.85. The van der Waals surface area contributed by atoms with Crippen LogP contribution in [0.2, 0.25) is 0 Å². The molecule has 2 atom stereocenters. The molecule has 6 nitrogen and oxygen atoms in total. The average Bonchev–Trinajstić information content (AvgIpc) is 3.01. The second kappa shape index (κ2) is 5.57. The van der Waals surface area contributed by atoms with Crippen molar-refractivity contribution in [2.45, 2.75) is 32.9 Å². The molecule has 0 saturated carbocycles. The third-order valence-corrected chi connectivity index (χ3v) is 4.66. The van der Waals surface area contributed by atoms with Crippen molar-refractivity contribution in [3.8, 4) is 0 Å². The van der Waals surface area contributed by atoms with Crippen molar-refractivity contribution in [1.29, 1.82) is 0 Å². The highest BCUT2D eigenvalue weighted by atomic mass is 32.1.